The number of anilines is 2. The zero-order valence-corrected chi connectivity index (χ0v) is 17.5. The molecule has 0 spiro atoms. The van der Waals surface area contributed by atoms with Gasteiger partial charge in [-0.2, -0.15) is 0 Å². The van der Waals surface area contributed by atoms with Gasteiger partial charge in [-0.3, -0.25) is 9.69 Å². The highest BCUT2D eigenvalue weighted by molar-refractivity contribution is 6.76. The fraction of sp³-hybridized carbons (Fsp3) is 0.316. The molecule has 2 aromatic carbocycles. The van der Waals surface area contributed by atoms with E-state index in [2.05, 4.69) is 21.2 Å². The molecule has 3 rings (SSSR count). The van der Waals surface area contributed by atoms with Gasteiger partial charge >= 0.3 is 0 Å². The van der Waals surface area contributed by atoms with Gasteiger partial charge in [0.1, 0.15) is 0 Å². The van der Waals surface area contributed by atoms with Crippen LogP contribution >= 0.6 is 46.4 Å². The van der Waals surface area contributed by atoms with Crippen molar-refractivity contribution >= 4 is 63.7 Å². The first-order chi connectivity index (χ1) is 12.8. The minimum absolute atomic E-state index is 0.590. The molecule has 1 fully saturated rings. The number of nitrogens with zero attached hydrogens (tertiary/aromatic N) is 2. The van der Waals surface area contributed by atoms with Crippen molar-refractivity contribution < 1.29 is 4.79 Å². The summed E-state index contributed by atoms with van der Waals surface area (Å²) in [5.41, 5.74) is 2.84. The second-order valence-corrected chi connectivity index (χ2v) is 9.04. The largest absolute Gasteiger partial charge is 0.369 e. The lowest BCUT2D eigenvalue weighted by atomic mass is 10.2. The molecule has 8 heteroatoms. The Kier molecular flexibility index (Phi) is 6.77. The first-order valence-electron chi connectivity index (χ1n) is 8.52. The summed E-state index contributed by atoms with van der Waals surface area (Å²) in [5.74, 6) is -0.673. The Bertz CT molecular complexity index is 784. The smallest absolute Gasteiger partial charge is 0.276 e. The summed E-state index contributed by atoms with van der Waals surface area (Å²) in [6.45, 7) is 4.61. The number of nitrogens with one attached hydrogen (secondary N) is 1. The monoisotopic (exact) mass is 445 g/mol. The number of benzene rings is 2. The maximum Gasteiger partial charge on any atom is 0.276 e. The average molecular weight is 447 g/mol. The van der Waals surface area contributed by atoms with Crippen molar-refractivity contribution in [3.8, 4) is 0 Å². The van der Waals surface area contributed by atoms with Crippen LogP contribution in [0.15, 0.2) is 48.5 Å². The zero-order valence-electron chi connectivity index (χ0n) is 14.5. The van der Waals surface area contributed by atoms with Gasteiger partial charge in [-0.1, -0.05) is 64.6 Å². The van der Waals surface area contributed by atoms with Crippen LogP contribution in [0.25, 0.3) is 0 Å². The Hall–Kier alpha value is -1.17. The predicted molar refractivity (Wildman–Crippen MR) is 114 cm³/mol. The Morgan fingerprint density at radius 1 is 0.963 bits per heavy atom. The molecule has 1 aliphatic rings. The van der Waals surface area contributed by atoms with E-state index >= 15 is 0 Å². The molecule has 0 saturated carbocycles. The summed E-state index contributed by atoms with van der Waals surface area (Å²) in [5, 5.41) is 3.39. The van der Waals surface area contributed by atoms with Crippen molar-refractivity contribution in [2.45, 2.75) is 10.3 Å². The zero-order chi connectivity index (χ0) is 19.4. The molecule has 0 aliphatic carbocycles. The minimum atomic E-state index is -1.98. The van der Waals surface area contributed by atoms with Gasteiger partial charge in [0.15, 0.2) is 0 Å². The van der Waals surface area contributed by atoms with Gasteiger partial charge in [0, 0.05) is 49.1 Å². The average Bonchev–Trinajstić information content (AvgIpc) is 2.64. The van der Waals surface area contributed by atoms with Crippen LogP contribution in [-0.4, -0.2) is 40.8 Å². The van der Waals surface area contributed by atoms with Crippen LogP contribution < -0.4 is 10.2 Å². The Balaban J connectivity index is 1.54. The molecule has 1 heterocycles. The minimum Gasteiger partial charge on any atom is -0.369 e. The Morgan fingerprint density at radius 3 is 2.19 bits per heavy atom. The van der Waals surface area contributed by atoms with E-state index in [1.54, 1.807) is 12.1 Å². The molecule has 1 saturated heterocycles. The molecule has 0 radical (unpaired) electrons. The fourth-order valence-corrected chi connectivity index (χ4v) is 3.33. The number of carbonyl (C=O) groups excluding carboxylic acids is 1. The van der Waals surface area contributed by atoms with E-state index in [0.29, 0.717) is 5.69 Å². The molecule has 27 heavy (non-hydrogen) atoms. The molecule has 2 aromatic rings. The third-order valence-electron chi connectivity index (χ3n) is 4.47. The maximum atomic E-state index is 11.7. The topological polar surface area (TPSA) is 35.6 Å². The van der Waals surface area contributed by atoms with Crippen molar-refractivity contribution in [2.75, 3.05) is 36.4 Å². The molecular formula is C19H19Cl4N3O. The van der Waals surface area contributed by atoms with E-state index < -0.39 is 9.70 Å². The van der Waals surface area contributed by atoms with Crippen LogP contribution in [0.4, 0.5) is 11.4 Å². The molecule has 1 N–H and O–H groups in total. The fourth-order valence-electron chi connectivity index (χ4n) is 2.99. The number of amides is 1. The van der Waals surface area contributed by atoms with Gasteiger partial charge in [0.2, 0.25) is 0 Å². The molecule has 0 bridgehead atoms. The number of rotatable bonds is 4. The third kappa shape index (κ3) is 5.66. The molecule has 0 atom stereocenters. The van der Waals surface area contributed by atoms with Crippen molar-refractivity contribution in [1.29, 1.82) is 0 Å². The van der Waals surface area contributed by atoms with E-state index in [1.807, 2.05) is 30.3 Å². The number of hydrogen-bond donors (Lipinski definition) is 1. The van der Waals surface area contributed by atoms with E-state index in [0.717, 1.165) is 49.0 Å². The summed E-state index contributed by atoms with van der Waals surface area (Å²) < 4.78 is -1.98. The van der Waals surface area contributed by atoms with E-state index in [-0.39, 0.29) is 0 Å². The van der Waals surface area contributed by atoms with Gasteiger partial charge in [-0.15, -0.1) is 0 Å². The van der Waals surface area contributed by atoms with Crippen molar-refractivity contribution in [3.05, 3.63) is 59.1 Å². The normalized spacial score (nSPS) is 15.6. The Labute approximate surface area is 178 Å². The SMILES string of the molecule is O=C(Nc1ccc(N2CCN(Cc3ccccc3Cl)CC2)cc1)C(Cl)(Cl)Cl. The lowest BCUT2D eigenvalue weighted by Crippen LogP contribution is -2.46. The highest BCUT2D eigenvalue weighted by atomic mass is 35.6. The van der Waals surface area contributed by atoms with Crippen LogP contribution in [0, 0.1) is 0 Å². The number of alkyl halides is 3. The maximum absolute atomic E-state index is 11.7. The number of hydrogen-bond acceptors (Lipinski definition) is 3. The number of carbonyl (C=O) groups is 1. The lowest BCUT2D eigenvalue weighted by molar-refractivity contribution is -0.115. The van der Waals surface area contributed by atoms with Crippen LogP contribution in [0.2, 0.25) is 5.02 Å². The summed E-state index contributed by atoms with van der Waals surface area (Å²) in [6, 6.07) is 15.5. The van der Waals surface area contributed by atoms with Gasteiger partial charge in [0.05, 0.1) is 0 Å². The van der Waals surface area contributed by atoms with E-state index in [1.165, 1.54) is 0 Å². The van der Waals surface area contributed by atoms with Gasteiger partial charge < -0.3 is 10.2 Å². The molecule has 1 aliphatic heterocycles. The van der Waals surface area contributed by atoms with Crippen LogP contribution in [0.1, 0.15) is 5.56 Å². The standard InChI is InChI=1S/C19H19Cl4N3O/c20-17-4-2-1-3-14(17)13-25-9-11-26(12-10-25)16-7-5-15(6-8-16)24-18(27)19(21,22)23/h1-8H,9-13H2,(H,24,27). The van der Waals surface area contributed by atoms with Crippen LogP contribution in [0.3, 0.4) is 0 Å². The number of piperazine rings is 1. The van der Waals surface area contributed by atoms with Gasteiger partial charge in [-0.05, 0) is 35.9 Å². The van der Waals surface area contributed by atoms with Crippen molar-refractivity contribution in [3.63, 3.8) is 0 Å². The summed E-state index contributed by atoms with van der Waals surface area (Å²) in [7, 11) is 0. The summed E-state index contributed by atoms with van der Waals surface area (Å²) in [4.78, 5) is 16.4. The first-order valence-corrected chi connectivity index (χ1v) is 10.0. The molecule has 1 amide bonds. The highest BCUT2D eigenvalue weighted by Gasteiger charge is 2.30. The lowest BCUT2D eigenvalue weighted by Gasteiger charge is -2.36. The van der Waals surface area contributed by atoms with Crippen LogP contribution in [0.5, 0.6) is 0 Å². The quantitative estimate of drug-likeness (QED) is 0.673. The van der Waals surface area contributed by atoms with Gasteiger partial charge in [0.25, 0.3) is 9.70 Å². The van der Waals surface area contributed by atoms with Crippen molar-refractivity contribution in [2.24, 2.45) is 0 Å². The summed E-state index contributed by atoms with van der Waals surface area (Å²) in [6.07, 6.45) is 0. The predicted octanol–water partition coefficient (Wildman–Crippen LogP) is 4.97. The van der Waals surface area contributed by atoms with E-state index in [4.69, 9.17) is 46.4 Å². The number of halogens is 4. The van der Waals surface area contributed by atoms with Crippen molar-refractivity contribution in [1.82, 2.24) is 4.90 Å². The second-order valence-electron chi connectivity index (χ2n) is 6.35. The molecule has 4 nitrogen and oxygen atoms in total. The molecule has 0 unspecified atom stereocenters. The third-order valence-corrected chi connectivity index (χ3v) is 5.36. The molecular weight excluding hydrogens is 428 g/mol. The summed E-state index contributed by atoms with van der Waals surface area (Å²) >= 11 is 23.0. The molecule has 144 valence electrons. The molecule has 0 aromatic heterocycles. The van der Waals surface area contributed by atoms with E-state index in [9.17, 15) is 4.79 Å². The first kappa shape index (κ1) is 20.6. The highest BCUT2D eigenvalue weighted by Crippen LogP contribution is 2.28. The Morgan fingerprint density at radius 2 is 1.59 bits per heavy atom. The van der Waals surface area contributed by atoms with Gasteiger partial charge in [-0.25, -0.2) is 0 Å². The second kappa shape index (κ2) is 8.89. The van der Waals surface area contributed by atoms with Crippen LogP contribution in [-0.2, 0) is 11.3 Å².